The van der Waals surface area contributed by atoms with Crippen LogP contribution >= 0.6 is 11.8 Å². The summed E-state index contributed by atoms with van der Waals surface area (Å²) < 4.78 is 88.8. The lowest BCUT2D eigenvalue weighted by atomic mass is 10.0. The highest BCUT2D eigenvalue weighted by molar-refractivity contribution is 7.99. The molecule has 2 aromatic rings. The molecule has 1 aliphatic rings. The monoisotopic (exact) mass is 608 g/mol. The maximum atomic E-state index is 13.5. The molecular weight excluding hydrogens is 577 g/mol. The SMILES string of the molecule is CN(C)C1CCN(C(=O)C[C@H](CSc2ccccc2)Nc2ccc(S(N)(=O)=O)cc2S(=O)(=O)C(F)(F)F)CC1. The number of piperidine rings is 1. The summed E-state index contributed by atoms with van der Waals surface area (Å²) in [6, 6.07) is 10.9. The van der Waals surface area contributed by atoms with Gasteiger partial charge in [-0.15, -0.1) is 11.8 Å². The number of nitrogens with two attached hydrogens (primary N) is 1. The van der Waals surface area contributed by atoms with Gasteiger partial charge in [0.25, 0.3) is 9.84 Å². The summed E-state index contributed by atoms with van der Waals surface area (Å²) >= 11 is 1.34. The van der Waals surface area contributed by atoms with Crippen LogP contribution in [0.15, 0.2) is 63.2 Å². The standard InChI is InChI=1S/C24H31F3N4O5S3/c1-30(2)18-10-12-31(13-11-18)23(32)14-17(16-37-19-6-4-3-5-7-19)29-21-9-8-20(39(28,35)36)15-22(21)38(33,34)24(25,26)27/h3-9,15,17-18,29H,10-14,16H2,1-2H3,(H2,28,35,36)/t17-/m1/s1. The van der Waals surface area contributed by atoms with Crippen molar-refractivity contribution in [3.8, 4) is 0 Å². The predicted octanol–water partition coefficient (Wildman–Crippen LogP) is 3.14. The van der Waals surface area contributed by atoms with Crippen LogP contribution in [0, 0.1) is 0 Å². The minimum atomic E-state index is -5.96. The molecule has 1 heterocycles. The first-order chi connectivity index (χ1) is 18.1. The van der Waals surface area contributed by atoms with Gasteiger partial charge in [-0.2, -0.15) is 13.2 Å². The smallest absolute Gasteiger partial charge is 0.380 e. The summed E-state index contributed by atoms with van der Waals surface area (Å²) in [6.45, 7) is 1.05. The molecule has 3 N–H and O–H groups in total. The van der Waals surface area contributed by atoms with E-state index in [-0.39, 0.29) is 18.1 Å². The maximum absolute atomic E-state index is 13.5. The van der Waals surface area contributed by atoms with Crippen molar-refractivity contribution in [2.75, 3.05) is 38.3 Å². The quantitative estimate of drug-likeness (QED) is 0.394. The van der Waals surface area contributed by atoms with Crippen LogP contribution in [0.1, 0.15) is 19.3 Å². The predicted molar refractivity (Wildman–Crippen MR) is 144 cm³/mol. The van der Waals surface area contributed by atoms with Gasteiger partial charge < -0.3 is 15.1 Å². The molecule has 0 bridgehead atoms. The van der Waals surface area contributed by atoms with Crippen molar-refractivity contribution in [1.82, 2.24) is 9.80 Å². The Morgan fingerprint density at radius 3 is 2.26 bits per heavy atom. The van der Waals surface area contributed by atoms with Gasteiger partial charge in [0.2, 0.25) is 15.9 Å². The number of amides is 1. The Labute approximate surface area is 230 Å². The number of sulfone groups is 1. The van der Waals surface area contributed by atoms with Crippen molar-refractivity contribution in [2.24, 2.45) is 5.14 Å². The lowest BCUT2D eigenvalue weighted by Crippen LogP contribution is -2.45. The Bertz CT molecular complexity index is 1360. The molecule has 0 aromatic heterocycles. The zero-order chi connectivity index (χ0) is 29.0. The van der Waals surface area contributed by atoms with Crippen LogP contribution in [0.4, 0.5) is 18.9 Å². The molecule has 1 saturated heterocycles. The lowest BCUT2D eigenvalue weighted by Gasteiger charge is -2.36. The fourth-order valence-electron chi connectivity index (χ4n) is 4.20. The Kier molecular flexibility index (Phi) is 9.97. The number of carbonyl (C=O) groups excluding carboxylic acids is 1. The molecule has 9 nitrogen and oxygen atoms in total. The van der Waals surface area contributed by atoms with E-state index in [0.29, 0.717) is 25.2 Å². The second-order valence-electron chi connectivity index (χ2n) is 9.40. The molecule has 1 aliphatic heterocycles. The fourth-order valence-corrected chi connectivity index (χ4v) is 6.71. The summed E-state index contributed by atoms with van der Waals surface area (Å²) in [5.41, 5.74) is -6.17. The van der Waals surface area contributed by atoms with Gasteiger partial charge in [0.05, 0.1) is 10.6 Å². The molecule has 0 radical (unpaired) electrons. The number of alkyl halides is 3. The number of anilines is 1. The molecule has 39 heavy (non-hydrogen) atoms. The highest BCUT2D eigenvalue weighted by Crippen LogP contribution is 2.36. The van der Waals surface area contributed by atoms with E-state index in [1.165, 1.54) is 11.8 Å². The van der Waals surface area contributed by atoms with E-state index in [4.69, 9.17) is 5.14 Å². The van der Waals surface area contributed by atoms with E-state index in [1.54, 1.807) is 4.90 Å². The van der Waals surface area contributed by atoms with Crippen molar-refractivity contribution in [1.29, 1.82) is 0 Å². The van der Waals surface area contributed by atoms with Gasteiger partial charge in [-0.1, -0.05) is 18.2 Å². The van der Waals surface area contributed by atoms with E-state index in [1.807, 2.05) is 44.4 Å². The number of nitrogens with one attached hydrogen (secondary N) is 1. The lowest BCUT2D eigenvalue weighted by molar-refractivity contribution is -0.132. The molecular formula is C24H31F3N4O5S3. The molecule has 3 rings (SSSR count). The first-order valence-corrected chi connectivity index (χ1v) is 16.0. The third-order valence-electron chi connectivity index (χ3n) is 6.40. The topological polar surface area (TPSA) is 130 Å². The van der Waals surface area contributed by atoms with Gasteiger partial charge in [-0.3, -0.25) is 4.79 Å². The number of nitrogens with zero attached hydrogens (tertiary/aromatic N) is 2. The Morgan fingerprint density at radius 1 is 1.10 bits per heavy atom. The number of halogens is 3. The highest BCUT2D eigenvalue weighted by atomic mass is 32.2. The fraction of sp³-hybridized carbons (Fsp3) is 0.458. The second kappa shape index (κ2) is 12.5. The molecule has 0 aliphatic carbocycles. The first kappa shape index (κ1) is 31.2. The largest absolute Gasteiger partial charge is 0.501 e. The van der Waals surface area contributed by atoms with Crippen molar-refractivity contribution < 1.29 is 34.8 Å². The average Bonchev–Trinajstić information content (AvgIpc) is 2.86. The van der Waals surface area contributed by atoms with Crippen molar-refractivity contribution in [3.05, 3.63) is 48.5 Å². The van der Waals surface area contributed by atoms with Gasteiger partial charge in [0.1, 0.15) is 4.90 Å². The molecule has 1 amide bonds. The van der Waals surface area contributed by atoms with Gasteiger partial charge >= 0.3 is 5.51 Å². The normalized spacial score (nSPS) is 16.3. The number of rotatable bonds is 10. The van der Waals surface area contributed by atoms with Crippen LogP contribution in [0.25, 0.3) is 0 Å². The van der Waals surface area contributed by atoms with Crippen LogP contribution < -0.4 is 10.5 Å². The third-order valence-corrected chi connectivity index (χ3v) is 10.0. The number of hydrogen-bond donors (Lipinski definition) is 2. The zero-order valence-electron chi connectivity index (χ0n) is 21.4. The highest BCUT2D eigenvalue weighted by Gasteiger charge is 2.48. The number of benzene rings is 2. The zero-order valence-corrected chi connectivity index (χ0v) is 23.8. The molecule has 15 heteroatoms. The molecule has 0 saturated carbocycles. The average molecular weight is 609 g/mol. The van der Waals surface area contributed by atoms with E-state index in [2.05, 4.69) is 10.2 Å². The van der Waals surface area contributed by atoms with Crippen molar-refractivity contribution >= 4 is 43.2 Å². The Morgan fingerprint density at radius 2 is 1.72 bits per heavy atom. The summed E-state index contributed by atoms with van der Waals surface area (Å²) in [6.07, 6.45) is 1.44. The van der Waals surface area contributed by atoms with E-state index in [0.717, 1.165) is 29.9 Å². The number of thioether (sulfide) groups is 1. The van der Waals surface area contributed by atoms with Crippen LogP contribution in [0.2, 0.25) is 0 Å². The molecule has 216 valence electrons. The number of sulfonamides is 1. The van der Waals surface area contributed by atoms with Crippen molar-refractivity contribution in [2.45, 2.75) is 51.5 Å². The first-order valence-electron chi connectivity index (χ1n) is 12.0. The Balaban J connectivity index is 1.92. The van der Waals surface area contributed by atoms with E-state index in [9.17, 15) is 34.8 Å². The van der Waals surface area contributed by atoms with Gasteiger partial charge in [-0.05, 0) is 57.3 Å². The second-order valence-corrected chi connectivity index (χ2v) is 14.0. The number of likely N-dealkylation sites (tertiary alicyclic amines) is 1. The summed E-state index contributed by atoms with van der Waals surface area (Å²) in [5, 5.41) is 7.82. The van der Waals surface area contributed by atoms with Crippen molar-refractivity contribution in [3.63, 3.8) is 0 Å². The van der Waals surface area contributed by atoms with Gasteiger partial charge in [0.15, 0.2) is 0 Å². The minimum absolute atomic E-state index is 0.116. The van der Waals surface area contributed by atoms with Crippen LogP contribution in [0.5, 0.6) is 0 Å². The van der Waals surface area contributed by atoms with Crippen LogP contribution in [0.3, 0.4) is 0 Å². The Hall–Kier alpha value is -2.33. The van der Waals surface area contributed by atoms with Crippen LogP contribution in [-0.2, 0) is 24.7 Å². The number of primary sulfonamides is 1. The van der Waals surface area contributed by atoms with E-state index < -0.39 is 46.9 Å². The molecule has 0 unspecified atom stereocenters. The minimum Gasteiger partial charge on any atom is -0.380 e. The number of carbonyl (C=O) groups is 1. The third kappa shape index (κ3) is 8.10. The molecule has 1 atom stereocenters. The summed E-state index contributed by atoms with van der Waals surface area (Å²) in [4.78, 5) is 15.7. The molecule has 0 spiro atoms. The van der Waals surface area contributed by atoms with Crippen LogP contribution in [-0.4, -0.2) is 83.1 Å². The maximum Gasteiger partial charge on any atom is 0.501 e. The number of hydrogen-bond acceptors (Lipinski definition) is 8. The van der Waals surface area contributed by atoms with Gasteiger partial charge in [0, 0.05) is 42.2 Å². The van der Waals surface area contributed by atoms with Gasteiger partial charge in [-0.25, -0.2) is 22.0 Å². The summed E-state index contributed by atoms with van der Waals surface area (Å²) in [7, 11) is -6.51. The van der Waals surface area contributed by atoms with E-state index >= 15 is 0 Å². The molecule has 1 fully saturated rings. The summed E-state index contributed by atoms with van der Waals surface area (Å²) in [5.74, 6) is -0.00781. The molecule has 2 aromatic carbocycles.